The van der Waals surface area contributed by atoms with Crippen molar-refractivity contribution in [1.29, 1.82) is 0 Å². The van der Waals surface area contributed by atoms with E-state index in [2.05, 4.69) is 0 Å². The Hall–Kier alpha value is -1.07. The van der Waals surface area contributed by atoms with Crippen LogP contribution < -0.4 is 5.69 Å². The lowest BCUT2D eigenvalue weighted by Crippen LogP contribution is -2.32. The molecule has 0 radical (unpaired) electrons. The fourth-order valence-electron chi connectivity index (χ4n) is 2.21. The second kappa shape index (κ2) is 5.51. The van der Waals surface area contributed by atoms with Gasteiger partial charge in [-0.05, 0) is 12.8 Å². The van der Waals surface area contributed by atoms with E-state index in [4.69, 9.17) is 4.74 Å². The van der Waals surface area contributed by atoms with E-state index in [0.717, 1.165) is 19.4 Å². The molecular formula is C12H20N2O3. The summed E-state index contributed by atoms with van der Waals surface area (Å²) in [5.41, 5.74) is -0.0372. The van der Waals surface area contributed by atoms with Crippen molar-refractivity contribution in [2.75, 3.05) is 13.2 Å². The Bertz CT molecular complexity index is 404. The first-order valence-corrected chi connectivity index (χ1v) is 6.23. The highest BCUT2D eigenvalue weighted by atomic mass is 16.5. The highest BCUT2D eigenvalue weighted by Gasteiger charge is 2.24. The van der Waals surface area contributed by atoms with E-state index in [0.29, 0.717) is 19.8 Å². The average molecular weight is 240 g/mol. The van der Waals surface area contributed by atoms with Gasteiger partial charge in [-0.25, -0.2) is 4.79 Å². The Balaban J connectivity index is 2.00. The van der Waals surface area contributed by atoms with E-state index in [1.807, 2.05) is 6.92 Å². The predicted molar refractivity (Wildman–Crippen MR) is 63.9 cm³/mol. The molecule has 0 spiro atoms. The van der Waals surface area contributed by atoms with Gasteiger partial charge >= 0.3 is 5.69 Å². The van der Waals surface area contributed by atoms with E-state index in [-0.39, 0.29) is 11.6 Å². The van der Waals surface area contributed by atoms with E-state index in [1.165, 1.54) is 0 Å². The molecule has 2 unspecified atom stereocenters. The molecule has 1 aromatic rings. The maximum atomic E-state index is 11.9. The first-order valence-electron chi connectivity index (χ1n) is 6.23. The van der Waals surface area contributed by atoms with Crippen molar-refractivity contribution in [2.24, 2.45) is 5.92 Å². The summed E-state index contributed by atoms with van der Waals surface area (Å²) >= 11 is 0. The molecule has 1 aliphatic heterocycles. The zero-order chi connectivity index (χ0) is 12.3. The molecule has 1 aromatic heterocycles. The van der Waals surface area contributed by atoms with Crippen LogP contribution in [0.5, 0.6) is 0 Å². The Morgan fingerprint density at radius 2 is 2.29 bits per heavy atom. The second-order valence-corrected chi connectivity index (χ2v) is 4.62. The molecule has 1 aliphatic rings. The molecule has 0 amide bonds. The number of hydrogen-bond acceptors (Lipinski definition) is 3. The summed E-state index contributed by atoms with van der Waals surface area (Å²) in [7, 11) is 0. The third-order valence-corrected chi connectivity index (χ3v) is 3.28. The number of nitrogens with zero attached hydrogens (tertiary/aromatic N) is 2. The van der Waals surface area contributed by atoms with Gasteiger partial charge in [0.15, 0.2) is 0 Å². The molecular weight excluding hydrogens is 220 g/mol. The molecule has 0 bridgehead atoms. The van der Waals surface area contributed by atoms with Gasteiger partial charge in [0.2, 0.25) is 0 Å². The first kappa shape index (κ1) is 12.4. The van der Waals surface area contributed by atoms with Crippen molar-refractivity contribution < 1.29 is 9.84 Å². The SMILES string of the molecule is CCCn1ccn(CC(O)C2CCOC2)c1=O. The summed E-state index contributed by atoms with van der Waals surface area (Å²) in [5.74, 6) is 0.163. The fraction of sp³-hybridized carbons (Fsp3) is 0.750. The summed E-state index contributed by atoms with van der Waals surface area (Å²) in [5, 5.41) is 10.0. The summed E-state index contributed by atoms with van der Waals surface area (Å²) in [6.45, 7) is 4.45. The number of hydrogen-bond donors (Lipinski definition) is 1. The highest BCUT2D eigenvalue weighted by molar-refractivity contribution is 4.84. The van der Waals surface area contributed by atoms with Crippen molar-refractivity contribution in [2.45, 2.75) is 39.0 Å². The van der Waals surface area contributed by atoms with Gasteiger partial charge in [0.05, 0.1) is 19.3 Å². The van der Waals surface area contributed by atoms with Crippen molar-refractivity contribution in [3.05, 3.63) is 22.9 Å². The van der Waals surface area contributed by atoms with Crippen LogP contribution in [0.2, 0.25) is 0 Å². The summed E-state index contributed by atoms with van der Waals surface area (Å²) in [6, 6.07) is 0. The van der Waals surface area contributed by atoms with Gasteiger partial charge in [-0.3, -0.25) is 9.13 Å². The van der Waals surface area contributed by atoms with Crippen molar-refractivity contribution in [1.82, 2.24) is 9.13 Å². The Labute approximate surface area is 101 Å². The van der Waals surface area contributed by atoms with Gasteiger partial charge in [0, 0.05) is 31.5 Å². The number of aryl methyl sites for hydroxylation is 1. The van der Waals surface area contributed by atoms with Gasteiger partial charge < -0.3 is 9.84 Å². The molecule has 5 heteroatoms. The molecule has 1 saturated heterocycles. The van der Waals surface area contributed by atoms with Gasteiger partial charge in [0.25, 0.3) is 0 Å². The molecule has 1 N–H and O–H groups in total. The second-order valence-electron chi connectivity index (χ2n) is 4.62. The normalized spacial score (nSPS) is 21.9. The maximum Gasteiger partial charge on any atom is 0.328 e. The molecule has 2 atom stereocenters. The number of imidazole rings is 1. The van der Waals surface area contributed by atoms with E-state index in [1.54, 1.807) is 21.5 Å². The van der Waals surface area contributed by atoms with Crippen LogP contribution in [0.15, 0.2) is 17.2 Å². The van der Waals surface area contributed by atoms with Crippen molar-refractivity contribution in [3.8, 4) is 0 Å². The van der Waals surface area contributed by atoms with Crippen LogP contribution in [0.1, 0.15) is 19.8 Å². The van der Waals surface area contributed by atoms with E-state index >= 15 is 0 Å². The Morgan fingerprint density at radius 3 is 2.94 bits per heavy atom. The number of aromatic nitrogens is 2. The Morgan fingerprint density at radius 1 is 1.53 bits per heavy atom. The topological polar surface area (TPSA) is 56.4 Å². The molecule has 96 valence electrons. The highest BCUT2D eigenvalue weighted by Crippen LogP contribution is 2.17. The molecule has 0 aliphatic carbocycles. The number of rotatable bonds is 5. The molecule has 0 saturated carbocycles. The largest absolute Gasteiger partial charge is 0.391 e. The first-order chi connectivity index (χ1) is 8.22. The fourth-order valence-corrected chi connectivity index (χ4v) is 2.21. The molecule has 0 aromatic carbocycles. The van der Waals surface area contributed by atoms with Gasteiger partial charge in [-0.1, -0.05) is 6.92 Å². The van der Waals surface area contributed by atoms with Crippen molar-refractivity contribution >= 4 is 0 Å². The number of aliphatic hydroxyl groups is 1. The lowest BCUT2D eigenvalue weighted by molar-refractivity contribution is 0.0768. The smallest absolute Gasteiger partial charge is 0.328 e. The maximum absolute atomic E-state index is 11.9. The lowest BCUT2D eigenvalue weighted by atomic mass is 10.0. The van der Waals surface area contributed by atoms with Crippen LogP contribution in [0.25, 0.3) is 0 Å². The third-order valence-electron chi connectivity index (χ3n) is 3.28. The summed E-state index contributed by atoms with van der Waals surface area (Å²) < 4.78 is 8.50. The van der Waals surface area contributed by atoms with Crippen LogP contribution in [0.4, 0.5) is 0 Å². The number of aliphatic hydroxyl groups excluding tert-OH is 1. The van der Waals surface area contributed by atoms with Crippen LogP contribution in [0, 0.1) is 5.92 Å². The lowest BCUT2D eigenvalue weighted by Gasteiger charge is -2.16. The van der Waals surface area contributed by atoms with Crippen LogP contribution in [0.3, 0.4) is 0 Å². The summed E-state index contributed by atoms with van der Waals surface area (Å²) in [6.07, 6.45) is 4.85. The zero-order valence-electron chi connectivity index (χ0n) is 10.2. The predicted octanol–water partition coefficient (Wildman–Crippen LogP) is 0.457. The van der Waals surface area contributed by atoms with Crippen LogP contribution in [-0.2, 0) is 17.8 Å². The molecule has 17 heavy (non-hydrogen) atoms. The minimum atomic E-state index is -0.493. The molecule has 2 heterocycles. The Kier molecular flexibility index (Phi) is 4.02. The zero-order valence-corrected chi connectivity index (χ0v) is 10.2. The molecule has 2 rings (SSSR count). The van der Waals surface area contributed by atoms with E-state index < -0.39 is 6.10 Å². The third kappa shape index (κ3) is 2.79. The van der Waals surface area contributed by atoms with Crippen LogP contribution >= 0.6 is 0 Å². The standard InChI is InChI=1S/C12H20N2O3/c1-2-4-13-5-6-14(12(13)16)8-11(15)10-3-7-17-9-10/h5-6,10-11,15H,2-4,7-9H2,1H3. The molecule has 1 fully saturated rings. The molecule has 5 nitrogen and oxygen atoms in total. The van der Waals surface area contributed by atoms with Gasteiger partial charge in [0.1, 0.15) is 0 Å². The monoisotopic (exact) mass is 240 g/mol. The van der Waals surface area contributed by atoms with E-state index in [9.17, 15) is 9.90 Å². The average Bonchev–Trinajstić information content (AvgIpc) is 2.94. The van der Waals surface area contributed by atoms with Gasteiger partial charge in [-0.2, -0.15) is 0 Å². The van der Waals surface area contributed by atoms with Crippen molar-refractivity contribution in [3.63, 3.8) is 0 Å². The van der Waals surface area contributed by atoms with Gasteiger partial charge in [-0.15, -0.1) is 0 Å². The minimum Gasteiger partial charge on any atom is -0.391 e. The number of ether oxygens (including phenoxy) is 1. The summed E-state index contributed by atoms with van der Waals surface area (Å²) in [4.78, 5) is 11.9. The quantitative estimate of drug-likeness (QED) is 0.813. The van der Waals surface area contributed by atoms with Crippen LogP contribution in [-0.4, -0.2) is 33.6 Å². The minimum absolute atomic E-state index is 0.0372.